The zero-order valence-electron chi connectivity index (χ0n) is 11.8. The van der Waals surface area contributed by atoms with Crippen LogP contribution in [0.1, 0.15) is 16.8 Å². The number of anilines is 1. The molecule has 8 heteroatoms. The second kappa shape index (κ2) is 6.78. The van der Waals surface area contributed by atoms with Gasteiger partial charge in [0, 0.05) is 17.6 Å². The van der Waals surface area contributed by atoms with E-state index in [0.717, 1.165) is 0 Å². The number of hydrogen-bond acceptors (Lipinski definition) is 4. The van der Waals surface area contributed by atoms with Crippen LogP contribution in [-0.2, 0) is 9.53 Å². The third-order valence-electron chi connectivity index (χ3n) is 3.45. The van der Waals surface area contributed by atoms with Gasteiger partial charge in [-0.1, -0.05) is 15.9 Å². The van der Waals surface area contributed by atoms with Gasteiger partial charge in [0.05, 0.1) is 24.3 Å². The number of hydrogen-bond donors (Lipinski definition) is 2. The normalized spacial score (nSPS) is 17.2. The summed E-state index contributed by atoms with van der Waals surface area (Å²) in [5.41, 5.74) is 0.540. The number of amides is 2. The summed E-state index contributed by atoms with van der Waals surface area (Å²) in [7, 11) is 1.26. The third-order valence-corrected chi connectivity index (χ3v) is 3.95. The number of carbonyl (C=O) groups is 3. The van der Waals surface area contributed by atoms with Crippen LogP contribution in [0.4, 0.5) is 10.5 Å². The molecule has 1 saturated heterocycles. The van der Waals surface area contributed by atoms with E-state index in [0.29, 0.717) is 23.1 Å². The molecule has 7 nitrogen and oxygen atoms in total. The summed E-state index contributed by atoms with van der Waals surface area (Å²) < 4.78 is 5.36. The Bertz CT molecular complexity index is 619. The number of benzene rings is 1. The van der Waals surface area contributed by atoms with Crippen LogP contribution in [-0.4, -0.2) is 48.2 Å². The number of rotatable bonds is 3. The fourth-order valence-electron chi connectivity index (χ4n) is 2.24. The number of halogens is 1. The maximum Gasteiger partial charge on any atom is 0.340 e. The Labute approximate surface area is 135 Å². The number of nitrogens with zero attached hydrogens (tertiary/aromatic N) is 1. The van der Waals surface area contributed by atoms with Crippen LogP contribution in [0.5, 0.6) is 0 Å². The summed E-state index contributed by atoms with van der Waals surface area (Å²) in [6.45, 7) is 0.526. The van der Waals surface area contributed by atoms with Crippen LogP contribution in [0.15, 0.2) is 22.7 Å². The fraction of sp³-hybridized carbons (Fsp3) is 0.357. The summed E-state index contributed by atoms with van der Waals surface area (Å²) in [4.78, 5) is 36.3. The molecule has 0 aromatic heterocycles. The lowest BCUT2D eigenvalue weighted by Crippen LogP contribution is -2.34. The lowest BCUT2D eigenvalue weighted by molar-refractivity contribution is -0.141. The number of carbonyl (C=O) groups excluding carboxylic acids is 2. The number of carboxylic acid groups (broad SMARTS) is 1. The van der Waals surface area contributed by atoms with Gasteiger partial charge < -0.3 is 20.1 Å². The number of carboxylic acids is 1. The largest absolute Gasteiger partial charge is 0.481 e. The Kier molecular flexibility index (Phi) is 5.02. The number of methoxy groups -OCH3 is 1. The highest BCUT2D eigenvalue weighted by Crippen LogP contribution is 2.23. The first-order valence-electron chi connectivity index (χ1n) is 6.59. The lowest BCUT2D eigenvalue weighted by Gasteiger charge is -2.18. The van der Waals surface area contributed by atoms with Crippen molar-refractivity contribution in [2.24, 2.45) is 5.92 Å². The molecule has 2 amide bonds. The van der Waals surface area contributed by atoms with Gasteiger partial charge in [-0.3, -0.25) is 4.79 Å². The monoisotopic (exact) mass is 370 g/mol. The molecule has 1 fully saturated rings. The van der Waals surface area contributed by atoms with Gasteiger partial charge in [-0.25, -0.2) is 9.59 Å². The molecule has 0 spiro atoms. The van der Waals surface area contributed by atoms with Crippen LogP contribution in [0.3, 0.4) is 0 Å². The highest BCUT2D eigenvalue weighted by Gasteiger charge is 2.31. The molecule has 0 bridgehead atoms. The van der Waals surface area contributed by atoms with Crippen LogP contribution >= 0.6 is 15.9 Å². The standard InChI is InChI=1S/C14H15BrN2O5/c1-22-13(20)10-6-9(15)2-3-11(10)16-14(21)17-5-4-8(7-17)12(18)19/h2-3,6,8H,4-5,7H2,1H3,(H,16,21)(H,18,19). The first-order chi connectivity index (χ1) is 10.4. The molecule has 118 valence electrons. The number of nitrogens with one attached hydrogen (secondary N) is 1. The van der Waals surface area contributed by atoms with Gasteiger partial charge in [-0.2, -0.15) is 0 Å². The summed E-state index contributed by atoms with van der Waals surface area (Å²) in [6.07, 6.45) is 0.424. The Morgan fingerprint density at radius 2 is 2.14 bits per heavy atom. The van der Waals surface area contributed by atoms with Gasteiger partial charge in [0.1, 0.15) is 0 Å². The summed E-state index contributed by atoms with van der Waals surface area (Å²) in [6, 6.07) is 4.38. The Hall–Kier alpha value is -2.09. The van der Waals surface area contributed by atoms with E-state index < -0.39 is 23.9 Å². The van der Waals surface area contributed by atoms with Gasteiger partial charge in [-0.15, -0.1) is 0 Å². The van der Waals surface area contributed by atoms with Crippen molar-refractivity contribution in [1.29, 1.82) is 0 Å². The van der Waals surface area contributed by atoms with Crippen molar-refractivity contribution in [3.8, 4) is 0 Å². The number of esters is 1. The van der Waals surface area contributed by atoms with E-state index >= 15 is 0 Å². The van der Waals surface area contributed by atoms with E-state index in [2.05, 4.69) is 26.0 Å². The summed E-state index contributed by atoms with van der Waals surface area (Å²) in [5, 5.41) is 11.6. The zero-order chi connectivity index (χ0) is 16.3. The van der Waals surface area contributed by atoms with E-state index in [-0.39, 0.29) is 12.1 Å². The number of urea groups is 1. The first-order valence-corrected chi connectivity index (χ1v) is 7.38. The number of aliphatic carboxylic acids is 1. The topological polar surface area (TPSA) is 95.9 Å². The van der Waals surface area contributed by atoms with Crippen molar-refractivity contribution in [1.82, 2.24) is 4.90 Å². The third kappa shape index (κ3) is 3.56. The Balaban J connectivity index is 2.12. The van der Waals surface area contributed by atoms with E-state index in [4.69, 9.17) is 5.11 Å². The van der Waals surface area contributed by atoms with Crippen LogP contribution in [0.25, 0.3) is 0 Å². The summed E-state index contributed by atoms with van der Waals surface area (Å²) in [5.74, 6) is -2.02. The first kappa shape index (κ1) is 16.3. The molecule has 0 saturated carbocycles. The molecule has 2 N–H and O–H groups in total. The quantitative estimate of drug-likeness (QED) is 0.794. The molecular weight excluding hydrogens is 356 g/mol. The molecule has 1 unspecified atom stereocenters. The molecule has 1 aromatic rings. The molecule has 0 radical (unpaired) electrons. The Morgan fingerprint density at radius 1 is 1.41 bits per heavy atom. The minimum atomic E-state index is -0.908. The van der Waals surface area contributed by atoms with Gasteiger partial charge in [0.2, 0.25) is 0 Å². The van der Waals surface area contributed by atoms with Crippen molar-refractivity contribution in [3.05, 3.63) is 28.2 Å². The Morgan fingerprint density at radius 3 is 2.73 bits per heavy atom. The highest BCUT2D eigenvalue weighted by atomic mass is 79.9. The van der Waals surface area contributed by atoms with Crippen molar-refractivity contribution in [2.75, 3.05) is 25.5 Å². The molecule has 22 heavy (non-hydrogen) atoms. The average Bonchev–Trinajstić information content (AvgIpc) is 2.98. The predicted octanol–water partition coefficient (Wildman–Crippen LogP) is 2.17. The van der Waals surface area contributed by atoms with Crippen molar-refractivity contribution >= 4 is 39.6 Å². The van der Waals surface area contributed by atoms with Crippen LogP contribution in [0, 0.1) is 5.92 Å². The van der Waals surface area contributed by atoms with Crippen molar-refractivity contribution in [2.45, 2.75) is 6.42 Å². The van der Waals surface area contributed by atoms with Gasteiger partial charge in [0.15, 0.2) is 0 Å². The fourth-order valence-corrected chi connectivity index (χ4v) is 2.61. The number of ether oxygens (including phenoxy) is 1. The highest BCUT2D eigenvalue weighted by molar-refractivity contribution is 9.10. The van der Waals surface area contributed by atoms with Crippen molar-refractivity contribution < 1.29 is 24.2 Å². The minimum absolute atomic E-state index is 0.158. The van der Waals surface area contributed by atoms with Crippen molar-refractivity contribution in [3.63, 3.8) is 0 Å². The average molecular weight is 371 g/mol. The molecule has 1 heterocycles. The van der Waals surface area contributed by atoms with E-state index in [1.807, 2.05) is 0 Å². The maximum absolute atomic E-state index is 12.2. The number of likely N-dealkylation sites (tertiary alicyclic amines) is 1. The molecule has 1 atom stereocenters. The predicted molar refractivity (Wildman–Crippen MR) is 81.8 cm³/mol. The molecule has 1 aromatic carbocycles. The van der Waals surface area contributed by atoms with Gasteiger partial charge in [0.25, 0.3) is 0 Å². The van der Waals surface area contributed by atoms with Crippen LogP contribution < -0.4 is 5.32 Å². The van der Waals surface area contributed by atoms with Gasteiger partial charge in [-0.05, 0) is 24.6 Å². The maximum atomic E-state index is 12.2. The molecule has 2 rings (SSSR count). The van der Waals surface area contributed by atoms with Gasteiger partial charge >= 0.3 is 18.0 Å². The molecule has 1 aliphatic rings. The van der Waals surface area contributed by atoms with E-state index in [1.165, 1.54) is 12.0 Å². The second-order valence-corrected chi connectivity index (χ2v) is 5.80. The molecule has 0 aliphatic carbocycles. The SMILES string of the molecule is COC(=O)c1cc(Br)ccc1NC(=O)N1CCC(C(=O)O)C1. The summed E-state index contributed by atoms with van der Waals surface area (Å²) >= 11 is 3.25. The minimum Gasteiger partial charge on any atom is -0.481 e. The smallest absolute Gasteiger partial charge is 0.340 e. The van der Waals surface area contributed by atoms with E-state index in [1.54, 1.807) is 18.2 Å². The molecule has 1 aliphatic heterocycles. The van der Waals surface area contributed by atoms with Crippen LogP contribution in [0.2, 0.25) is 0 Å². The second-order valence-electron chi connectivity index (χ2n) is 4.88. The lowest BCUT2D eigenvalue weighted by atomic mass is 10.1. The zero-order valence-corrected chi connectivity index (χ0v) is 13.4. The molecular formula is C14H15BrN2O5. The van der Waals surface area contributed by atoms with E-state index in [9.17, 15) is 14.4 Å².